The lowest BCUT2D eigenvalue weighted by atomic mass is 9.80. The maximum absolute atomic E-state index is 11.5. The van der Waals surface area contributed by atoms with Crippen LogP contribution in [-0.2, 0) is 19.1 Å². The van der Waals surface area contributed by atoms with Gasteiger partial charge in [-0.2, -0.15) is 0 Å². The molecule has 4 atom stereocenters. The molecule has 0 unspecified atom stereocenters. The Hall–Kier alpha value is -1.82. The molecule has 3 aliphatic rings. The number of primary amides is 1. The molecular weight excluding hydrogens is 214 g/mol. The number of carbonyl (C=O) groups excluding carboxylic acids is 2. The summed E-state index contributed by atoms with van der Waals surface area (Å²) in [5.74, 6) is -2.36. The van der Waals surface area contributed by atoms with Crippen LogP contribution in [-0.4, -0.2) is 28.9 Å². The molecule has 2 heterocycles. The Balaban J connectivity index is 2.09. The van der Waals surface area contributed by atoms with Gasteiger partial charge in [-0.25, -0.2) is 4.79 Å². The third-order valence-corrected chi connectivity index (χ3v) is 3.18. The molecule has 4 bridgehead atoms. The number of aliphatic hydroxyl groups is 1. The Morgan fingerprint density at radius 2 is 2.25 bits per heavy atom. The van der Waals surface area contributed by atoms with Gasteiger partial charge in [-0.05, 0) is 12.2 Å². The summed E-state index contributed by atoms with van der Waals surface area (Å²) >= 11 is 0. The van der Waals surface area contributed by atoms with Gasteiger partial charge in [0.15, 0.2) is 11.4 Å². The van der Waals surface area contributed by atoms with Gasteiger partial charge in [0.1, 0.15) is 0 Å². The predicted octanol–water partition coefficient (Wildman–Crippen LogP) is -1.20. The molecule has 16 heavy (non-hydrogen) atoms. The summed E-state index contributed by atoms with van der Waals surface area (Å²) in [6, 6.07) is 0. The fraction of sp³-hybridized carbons (Fsp3) is 0.400. The molecule has 1 aliphatic carbocycles. The van der Waals surface area contributed by atoms with Crippen molar-refractivity contribution < 1.29 is 24.2 Å². The summed E-state index contributed by atoms with van der Waals surface area (Å²) in [4.78, 5) is 22.5. The van der Waals surface area contributed by atoms with Gasteiger partial charge in [0.05, 0.1) is 5.92 Å². The number of rotatable bonds is 1. The highest BCUT2D eigenvalue weighted by atomic mass is 16.7. The van der Waals surface area contributed by atoms with Crippen LogP contribution < -0.4 is 5.73 Å². The molecule has 1 fully saturated rings. The molecule has 0 spiro atoms. The summed E-state index contributed by atoms with van der Waals surface area (Å²) in [6.07, 6.45) is 3.57. The second kappa shape index (κ2) is 2.65. The molecule has 2 aliphatic heterocycles. The van der Waals surface area contributed by atoms with Crippen molar-refractivity contribution in [2.24, 2.45) is 17.6 Å². The highest BCUT2D eigenvalue weighted by Gasteiger charge is 2.59. The van der Waals surface area contributed by atoms with Crippen molar-refractivity contribution in [1.82, 2.24) is 0 Å². The lowest BCUT2D eigenvalue weighted by Gasteiger charge is -2.41. The fourth-order valence-corrected chi connectivity index (χ4v) is 2.33. The molecule has 0 aromatic heterocycles. The SMILES string of the molecule is NC(=O)C1=C[C@@H]2[C@@H]3C=C[C@@]2(O)C(=O)O[C@@H]3O1. The zero-order valence-corrected chi connectivity index (χ0v) is 8.12. The Morgan fingerprint density at radius 1 is 1.50 bits per heavy atom. The first-order valence-electron chi connectivity index (χ1n) is 4.83. The summed E-state index contributed by atoms with van der Waals surface area (Å²) in [7, 11) is 0. The summed E-state index contributed by atoms with van der Waals surface area (Å²) < 4.78 is 10.1. The molecular formula is C10H9NO5. The van der Waals surface area contributed by atoms with Gasteiger partial charge in [-0.3, -0.25) is 4.79 Å². The van der Waals surface area contributed by atoms with Crippen molar-refractivity contribution in [3.05, 3.63) is 24.0 Å². The fourth-order valence-electron chi connectivity index (χ4n) is 2.33. The van der Waals surface area contributed by atoms with E-state index in [-0.39, 0.29) is 11.7 Å². The van der Waals surface area contributed by atoms with Gasteiger partial charge in [-0.15, -0.1) is 0 Å². The van der Waals surface area contributed by atoms with Crippen molar-refractivity contribution in [3.8, 4) is 0 Å². The van der Waals surface area contributed by atoms with E-state index in [0.29, 0.717) is 0 Å². The number of esters is 1. The maximum atomic E-state index is 11.5. The third-order valence-electron chi connectivity index (χ3n) is 3.18. The van der Waals surface area contributed by atoms with Gasteiger partial charge in [0.25, 0.3) is 12.2 Å². The minimum atomic E-state index is -1.69. The van der Waals surface area contributed by atoms with E-state index in [2.05, 4.69) is 0 Å². The van der Waals surface area contributed by atoms with Crippen LogP contribution in [0.5, 0.6) is 0 Å². The minimum Gasteiger partial charge on any atom is -0.449 e. The van der Waals surface area contributed by atoms with E-state index < -0.39 is 29.7 Å². The van der Waals surface area contributed by atoms with E-state index in [1.54, 1.807) is 6.08 Å². The highest BCUT2D eigenvalue weighted by molar-refractivity contribution is 5.91. The molecule has 84 valence electrons. The molecule has 0 aromatic rings. The molecule has 1 saturated heterocycles. The van der Waals surface area contributed by atoms with Crippen molar-refractivity contribution in [3.63, 3.8) is 0 Å². The van der Waals surface area contributed by atoms with E-state index in [1.807, 2.05) is 0 Å². The van der Waals surface area contributed by atoms with E-state index in [9.17, 15) is 14.7 Å². The summed E-state index contributed by atoms with van der Waals surface area (Å²) in [6.45, 7) is 0. The average Bonchev–Trinajstić information content (AvgIpc) is 2.50. The van der Waals surface area contributed by atoms with E-state index >= 15 is 0 Å². The molecule has 0 aromatic carbocycles. The van der Waals surface area contributed by atoms with Crippen LogP contribution >= 0.6 is 0 Å². The largest absolute Gasteiger partial charge is 0.449 e. The molecule has 1 amide bonds. The number of hydrogen-bond donors (Lipinski definition) is 2. The second-order valence-corrected chi connectivity index (χ2v) is 4.07. The number of ether oxygens (including phenoxy) is 2. The number of nitrogens with two attached hydrogens (primary N) is 1. The maximum Gasteiger partial charge on any atom is 0.345 e. The Morgan fingerprint density at radius 3 is 2.94 bits per heavy atom. The molecule has 0 saturated carbocycles. The van der Waals surface area contributed by atoms with E-state index in [0.717, 1.165) is 0 Å². The van der Waals surface area contributed by atoms with Gasteiger partial charge in [0.2, 0.25) is 0 Å². The van der Waals surface area contributed by atoms with Gasteiger partial charge in [-0.1, -0.05) is 6.08 Å². The van der Waals surface area contributed by atoms with Crippen LogP contribution in [0.3, 0.4) is 0 Å². The molecule has 6 nitrogen and oxygen atoms in total. The number of carbonyl (C=O) groups is 2. The standard InChI is InChI=1S/C10H9NO5/c11-7(12)6-3-5-4-1-2-10(5,14)9(13)16-8(4)15-6/h1-5,8,14H,(H2,11,12)/t4-,5+,8-,10-/m0/s1. The van der Waals surface area contributed by atoms with Crippen LogP contribution in [0, 0.1) is 11.8 Å². The van der Waals surface area contributed by atoms with Crippen LogP contribution in [0.4, 0.5) is 0 Å². The van der Waals surface area contributed by atoms with Gasteiger partial charge >= 0.3 is 5.97 Å². The quantitative estimate of drug-likeness (QED) is 0.430. The third kappa shape index (κ3) is 0.943. The molecule has 0 radical (unpaired) electrons. The van der Waals surface area contributed by atoms with E-state index in [4.69, 9.17) is 15.2 Å². The molecule has 3 rings (SSSR count). The first-order chi connectivity index (χ1) is 7.52. The van der Waals surface area contributed by atoms with Crippen LogP contribution in [0.1, 0.15) is 0 Å². The minimum absolute atomic E-state index is 0.0686. The lowest BCUT2D eigenvalue weighted by Crippen LogP contribution is -2.55. The van der Waals surface area contributed by atoms with Crippen LogP contribution in [0.25, 0.3) is 0 Å². The van der Waals surface area contributed by atoms with Crippen molar-refractivity contribution in [2.75, 3.05) is 0 Å². The zero-order valence-electron chi connectivity index (χ0n) is 8.12. The van der Waals surface area contributed by atoms with Gasteiger partial charge in [0, 0.05) is 5.92 Å². The first kappa shape index (κ1) is 9.41. The molecule has 6 heteroatoms. The van der Waals surface area contributed by atoms with Crippen LogP contribution in [0.15, 0.2) is 24.0 Å². The Kier molecular flexibility index (Phi) is 1.56. The monoisotopic (exact) mass is 223 g/mol. The summed E-state index contributed by atoms with van der Waals surface area (Å²) in [5, 5.41) is 10.1. The summed E-state index contributed by atoms with van der Waals surface area (Å²) in [5.41, 5.74) is 3.40. The topological polar surface area (TPSA) is 98.9 Å². The predicted molar refractivity (Wildman–Crippen MR) is 49.3 cm³/mol. The van der Waals surface area contributed by atoms with Gasteiger partial charge < -0.3 is 20.3 Å². The smallest absolute Gasteiger partial charge is 0.345 e. The lowest BCUT2D eigenvalue weighted by molar-refractivity contribution is -0.224. The molecule has 3 N–H and O–H groups in total. The normalized spacial score (nSPS) is 43.4. The highest BCUT2D eigenvalue weighted by Crippen LogP contribution is 2.47. The van der Waals surface area contributed by atoms with Crippen molar-refractivity contribution >= 4 is 11.9 Å². The van der Waals surface area contributed by atoms with E-state index in [1.165, 1.54) is 12.2 Å². The van der Waals surface area contributed by atoms with Crippen molar-refractivity contribution in [2.45, 2.75) is 11.9 Å². The Bertz CT molecular complexity index is 454. The Labute approximate surface area is 90.3 Å². The number of hydrogen-bond acceptors (Lipinski definition) is 5. The first-order valence-corrected chi connectivity index (χ1v) is 4.83. The number of amides is 1. The van der Waals surface area contributed by atoms with Crippen LogP contribution in [0.2, 0.25) is 0 Å². The van der Waals surface area contributed by atoms with Crippen molar-refractivity contribution in [1.29, 1.82) is 0 Å². The zero-order chi connectivity index (χ0) is 11.5. The second-order valence-electron chi connectivity index (χ2n) is 4.07. The average molecular weight is 223 g/mol.